The van der Waals surface area contributed by atoms with Gasteiger partial charge in [-0.2, -0.15) is 4.98 Å². The Morgan fingerprint density at radius 2 is 1.90 bits per heavy atom. The minimum atomic E-state index is -1.15. The summed E-state index contributed by atoms with van der Waals surface area (Å²) in [5.74, 6) is -2.15. The number of amides is 1. The Hall–Kier alpha value is -3.32. The van der Waals surface area contributed by atoms with E-state index in [0.29, 0.717) is 0 Å². The first-order valence-electron chi connectivity index (χ1n) is 9.50. The maximum atomic E-state index is 12.4. The summed E-state index contributed by atoms with van der Waals surface area (Å²) in [7, 11) is 0. The number of nitrogens with zero attached hydrogens (tertiary/aromatic N) is 3. The molecule has 0 spiro atoms. The summed E-state index contributed by atoms with van der Waals surface area (Å²) in [5, 5.41) is 12.2. The second kappa shape index (κ2) is 8.81. The third-order valence-corrected chi connectivity index (χ3v) is 4.54. The number of hydrogen-bond acceptors (Lipinski definition) is 10. The lowest BCUT2D eigenvalue weighted by molar-refractivity contribution is -0.165. The average molecular weight is 437 g/mol. The van der Waals surface area contributed by atoms with Gasteiger partial charge >= 0.3 is 11.9 Å². The van der Waals surface area contributed by atoms with Crippen LogP contribution in [-0.2, 0) is 28.6 Å². The lowest BCUT2D eigenvalue weighted by Gasteiger charge is -2.23. The molecule has 1 amide bonds. The number of hydrogen-bond donors (Lipinski definition) is 3. The molecule has 1 aliphatic rings. The van der Waals surface area contributed by atoms with Crippen LogP contribution in [0.4, 0.5) is 5.95 Å². The van der Waals surface area contributed by atoms with Gasteiger partial charge in [-0.1, -0.05) is 13.8 Å². The predicted octanol–water partition coefficient (Wildman–Crippen LogP) is -0.533. The van der Waals surface area contributed by atoms with Gasteiger partial charge in [-0.3, -0.25) is 34.0 Å². The molecule has 0 aliphatic carbocycles. The molecular formula is C18H23N5O8. The van der Waals surface area contributed by atoms with Crippen molar-refractivity contribution >= 4 is 35.0 Å². The molecule has 1 saturated heterocycles. The van der Waals surface area contributed by atoms with E-state index in [-0.39, 0.29) is 28.9 Å². The number of fused-ring (bicyclic) bond motifs is 1. The number of anilines is 1. The average Bonchev–Trinajstić information content (AvgIpc) is 3.23. The molecule has 2 aromatic rings. The van der Waals surface area contributed by atoms with Gasteiger partial charge in [-0.05, 0) is 0 Å². The molecule has 0 saturated carbocycles. The standard InChI is InChI=1S/C18H23N5O8/c1-7(2)15(27)21-18-20-14-11(16(28)22-18)19-6-23(14)17-13(30-9(4)26)12(29-8(3)25)10(5-24)31-17/h6-7,10,12-13,17,24H,5H2,1-4H3,(H2,20,21,22,27,28). The van der Waals surface area contributed by atoms with Crippen molar-refractivity contribution in [2.75, 3.05) is 11.9 Å². The second-order valence-electron chi connectivity index (χ2n) is 7.28. The lowest BCUT2D eigenvalue weighted by Crippen LogP contribution is -2.40. The SMILES string of the molecule is CC(=O)OC1C(CO)OC(n2cnc3c(=O)[nH]c(NC(=O)C(C)C)nc32)C1OC(C)=O. The predicted molar refractivity (Wildman–Crippen MR) is 104 cm³/mol. The molecule has 3 rings (SSSR count). The van der Waals surface area contributed by atoms with Crippen LogP contribution in [0.2, 0.25) is 0 Å². The van der Waals surface area contributed by atoms with Crippen LogP contribution in [-0.4, -0.2) is 67.4 Å². The molecule has 13 heteroatoms. The summed E-state index contributed by atoms with van der Waals surface area (Å²) in [5.41, 5.74) is -0.630. The number of rotatable bonds is 6. The summed E-state index contributed by atoms with van der Waals surface area (Å²) < 4.78 is 17.6. The number of imidazole rings is 1. The maximum absolute atomic E-state index is 12.4. The minimum Gasteiger partial charge on any atom is -0.456 e. The molecule has 31 heavy (non-hydrogen) atoms. The van der Waals surface area contributed by atoms with Crippen LogP contribution < -0.4 is 10.9 Å². The fourth-order valence-electron chi connectivity index (χ4n) is 3.16. The summed E-state index contributed by atoms with van der Waals surface area (Å²) in [6.07, 6.45) is -3.12. The van der Waals surface area contributed by atoms with E-state index in [1.54, 1.807) is 13.8 Å². The highest BCUT2D eigenvalue weighted by Crippen LogP contribution is 2.35. The topological polar surface area (TPSA) is 175 Å². The van der Waals surface area contributed by atoms with Crippen molar-refractivity contribution in [3.63, 3.8) is 0 Å². The number of esters is 2. The molecular weight excluding hydrogens is 414 g/mol. The first kappa shape index (κ1) is 22.4. The van der Waals surface area contributed by atoms with Crippen LogP contribution in [0.15, 0.2) is 11.1 Å². The van der Waals surface area contributed by atoms with E-state index in [1.807, 2.05) is 0 Å². The smallest absolute Gasteiger partial charge is 0.303 e. The Balaban J connectivity index is 2.06. The van der Waals surface area contributed by atoms with Gasteiger partial charge in [-0.15, -0.1) is 0 Å². The van der Waals surface area contributed by atoms with Gasteiger partial charge in [0.2, 0.25) is 11.9 Å². The number of carbonyl (C=O) groups excluding carboxylic acids is 3. The third-order valence-electron chi connectivity index (χ3n) is 4.54. The summed E-state index contributed by atoms with van der Waals surface area (Å²) >= 11 is 0. The highest BCUT2D eigenvalue weighted by Gasteiger charge is 2.50. The fraction of sp³-hybridized carbons (Fsp3) is 0.556. The molecule has 3 heterocycles. The van der Waals surface area contributed by atoms with Gasteiger partial charge in [0.25, 0.3) is 5.56 Å². The van der Waals surface area contributed by atoms with Gasteiger partial charge in [0.05, 0.1) is 12.9 Å². The van der Waals surface area contributed by atoms with E-state index < -0.39 is 48.6 Å². The van der Waals surface area contributed by atoms with Crippen LogP contribution in [0, 0.1) is 5.92 Å². The zero-order chi connectivity index (χ0) is 22.9. The number of aromatic nitrogens is 4. The van der Waals surface area contributed by atoms with E-state index in [4.69, 9.17) is 14.2 Å². The zero-order valence-corrected chi connectivity index (χ0v) is 17.3. The summed E-state index contributed by atoms with van der Waals surface area (Å²) in [4.78, 5) is 58.3. The molecule has 1 aliphatic heterocycles. The van der Waals surface area contributed by atoms with Crippen LogP contribution in [0.25, 0.3) is 11.2 Å². The Morgan fingerprint density at radius 1 is 1.26 bits per heavy atom. The van der Waals surface area contributed by atoms with Crippen molar-refractivity contribution in [3.05, 3.63) is 16.7 Å². The molecule has 13 nitrogen and oxygen atoms in total. The second-order valence-corrected chi connectivity index (χ2v) is 7.28. The van der Waals surface area contributed by atoms with Crippen molar-refractivity contribution in [2.24, 2.45) is 5.92 Å². The summed E-state index contributed by atoms with van der Waals surface area (Å²) in [6.45, 7) is 5.17. The number of aliphatic hydroxyl groups is 1. The van der Waals surface area contributed by atoms with E-state index in [0.717, 1.165) is 0 Å². The van der Waals surface area contributed by atoms with Crippen molar-refractivity contribution in [1.29, 1.82) is 0 Å². The quantitative estimate of drug-likeness (QED) is 0.498. The number of carbonyl (C=O) groups is 3. The lowest BCUT2D eigenvalue weighted by atomic mass is 10.1. The zero-order valence-electron chi connectivity index (χ0n) is 17.3. The van der Waals surface area contributed by atoms with Crippen LogP contribution in [0.1, 0.15) is 33.9 Å². The Bertz CT molecular complexity index is 1060. The number of nitrogens with one attached hydrogen (secondary N) is 2. The van der Waals surface area contributed by atoms with E-state index in [9.17, 15) is 24.3 Å². The molecule has 0 bridgehead atoms. The maximum Gasteiger partial charge on any atom is 0.303 e. The summed E-state index contributed by atoms with van der Waals surface area (Å²) in [6, 6.07) is 0. The van der Waals surface area contributed by atoms with Gasteiger partial charge in [0, 0.05) is 19.8 Å². The van der Waals surface area contributed by atoms with Gasteiger partial charge in [0.1, 0.15) is 6.10 Å². The first-order valence-corrected chi connectivity index (χ1v) is 9.50. The molecule has 4 atom stereocenters. The Morgan fingerprint density at radius 3 is 2.48 bits per heavy atom. The van der Waals surface area contributed by atoms with Gasteiger partial charge < -0.3 is 19.3 Å². The minimum absolute atomic E-state index is 0.0325. The van der Waals surface area contributed by atoms with E-state index in [2.05, 4.69) is 20.3 Å². The van der Waals surface area contributed by atoms with Crippen LogP contribution >= 0.6 is 0 Å². The molecule has 0 radical (unpaired) electrons. The number of H-pyrrole nitrogens is 1. The molecule has 4 unspecified atom stereocenters. The molecule has 2 aromatic heterocycles. The van der Waals surface area contributed by atoms with Crippen molar-refractivity contribution < 1.29 is 33.7 Å². The number of ether oxygens (including phenoxy) is 3. The number of aliphatic hydroxyl groups excluding tert-OH is 1. The molecule has 3 N–H and O–H groups in total. The normalized spacial score (nSPS) is 23.2. The first-order chi connectivity index (χ1) is 14.6. The monoisotopic (exact) mass is 437 g/mol. The van der Waals surface area contributed by atoms with Crippen LogP contribution in [0.5, 0.6) is 0 Å². The van der Waals surface area contributed by atoms with Gasteiger partial charge in [0.15, 0.2) is 29.6 Å². The molecule has 0 aromatic carbocycles. The van der Waals surface area contributed by atoms with Crippen molar-refractivity contribution in [2.45, 2.75) is 52.2 Å². The highest BCUT2D eigenvalue weighted by atomic mass is 16.6. The van der Waals surface area contributed by atoms with E-state index >= 15 is 0 Å². The van der Waals surface area contributed by atoms with Crippen molar-refractivity contribution in [1.82, 2.24) is 19.5 Å². The van der Waals surface area contributed by atoms with Crippen molar-refractivity contribution in [3.8, 4) is 0 Å². The Labute approximate surface area is 175 Å². The number of aromatic amines is 1. The fourth-order valence-corrected chi connectivity index (χ4v) is 3.16. The Kier molecular flexibility index (Phi) is 6.36. The third kappa shape index (κ3) is 4.56. The highest BCUT2D eigenvalue weighted by molar-refractivity contribution is 5.91. The molecule has 168 valence electrons. The van der Waals surface area contributed by atoms with Gasteiger partial charge in [-0.25, -0.2) is 4.98 Å². The largest absolute Gasteiger partial charge is 0.456 e. The van der Waals surface area contributed by atoms with Crippen LogP contribution in [0.3, 0.4) is 0 Å². The molecule has 1 fully saturated rings. The van der Waals surface area contributed by atoms with E-state index in [1.165, 1.54) is 24.7 Å².